The van der Waals surface area contributed by atoms with E-state index < -0.39 is 61.1 Å². The van der Waals surface area contributed by atoms with Crippen LogP contribution < -0.4 is 9.47 Å². The molecule has 11 heteroatoms. The van der Waals surface area contributed by atoms with E-state index in [-0.39, 0.29) is 22.8 Å². The summed E-state index contributed by atoms with van der Waals surface area (Å²) in [6.07, 6.45) is -10.4. The Hall–Kier alpha value is -2.93. The van der Waals surface area contributed by atoms with Crippen molar-refractivity contribution in [3.05, 3.63) is 47.5 Å². The molecule has 32 heavy (non-hydrogen) atoms. The van der Waals surface area contributed by atoms with Crippen molar-refractivity contribution >= 4 is 5.78 Å². The second-order valence-corrected chi connectivity index (χ2v) is 7.57. The predicted octanol–water partition coefficient (Wildman–Crippen LogP) is -1.05. The molecule has 172 valence electrons. The Morgan fingerprint density at radius 3 is 2.28 bits per heavy atom. The fraction of sp³-hybridized carbons (Fsp3) is 0.381. The van der Waals surface area contributed by atoms with Crippen LogP contribution in [-0.2, 0) is 4.74 Å². The van der Waals surface area contributed by atoms with Crippen LogP contribution >= 0.6 is 0 Å². The maximum atomic E-state index is 12.7. The fourth-order valence-electron chi connectivity index (χ4n) is 3.68. The van der Waals surface area contributed by atoms with Crippen molar-refractivity contribution in [2.24, 2.45) is 0 Å². The first-order valence-corrected chi connectivity index (χ1v) is 9.73. The van der Waals surface area contributed by atoms with Gasteiger partial charge in [0.25, 0.3) is 0 Å². The molecule has 11 nitrogen and oxygen atoms in total. The molecular weight excluding hydrogens is 428 g/mol. The first-order valence-electron chi connectivity index (χ1n) is 9.73. The second-order valence-electron chi connectivity index (χ2n) is 7.57. The molecule has 1 fully saturated rings. The van der Waals surface area contributed by atoms with Crippen LogP contribution in [0.5, 0.6) is 23.0 Å². The highest BCUT2D eigenvalue weighted by molar-refractivity contribution is 6.05. The summed E-state index contributed by atoms with van der Waals surface area (Å²) >= 11 is 0. The van der Waals surface area contributed by atoms with E-state index in [2.05, 4.69) is 0 Å². The number of aliphatic hydroxyl groups excluding tert-OH is 5. The highest BCUT2D eigenvalue weighted by atomic mass is 16.7. The van der Waals surface area contributed by atoms with E-state index in [1.165, 1.54) is 30.3 Å². The molecule has 0 aromatic heterocycles. The Kier molecular flexibility index (Phi) is 5.95. The number of aromatic hydroxyl groups is 2. The zero-order chi connectivity index (χ0) is 23.2. The minimum atomic E-state index is -1.68. The number of phenols is 2. The fourth-order valence-corrected chi connectivity index (χ4v) is 3.68. The number of hydrogen-bond donors (Lipinski definition) is 7. The van der Waals surface area contributed by atoms with Gasteiger partial charge in [0.2, 0.25) is 12.1 Å². The third-order valence-corrected chi connectivity index (χ3v) is 5.43. The van der Waals surface area contributed by atoms with Gasteiger partial charge in [-0.2, -0.15) is 0 Å². The lowest BCUT2D eigenvalue weighted by Gasteiger charge is -2.39. The van der Waals surface area contributed by atoms with Crippen LogP contribution in [0, 0.1) is 0 Å². The molecule has 2 heterocycles. The number of ether oxygens (including phenoxy) is 3. The molecule has 0 amide bonds. The van der Waals surface area contributed by atoms with Gasteiger partial charge in [0.1, 0.15) is 53.0 Å². The number of rotatable bonds is 4. The summed E-state index contributed by atoms with van der Waals surface area (Å²) in [5.74, 6) is -1.59. The Morgan fingerprint density at radius 2 is 1.62 bits per heavy atom. The normalized spacial score (nSPS) is 32.2. The number of Topliss-reactive ketones (excluding diaryl/α,β-unsaturated/α-hetero) is 1. The predicted molar refractivity (Wildman–Crippen MR) is 104 cm³/mol. The maximum Gasteiger partial charge on any atom is 0.229 e. The molecule has 2 aromatic carbocycles. The molecule has 7 N–H and O–H groups in total. The Labute approximate surface area is 181 Å². The standard InChI is InChI=1S/C21H22O11/c22-7-13-15(25)17(27)19(29)21(32-13)30-10-5-11(24)14-12(6-10)31-20(18(28)16(14)26)8-1-3-9(23)4-2-8/h1-6,13,15,17-25,27-29H,7H2/t13-,15-,17+,18-,19+,20+,21+/m1/s1. The summed E-state index contributed by atoms with van der Waals surface area (Å²) in [6, 6.07) is 7.93. The van der Waals surface area contributed by atoms with E-state index in [4.69, 9.17) is 14.2 Å². The second kappa shape index (κ2) is 8.54. The molecule has 0 spiro atoms. The number of carbonyl (C=O) groups excluding carboxylic acids is 1. The summed E-state index contributed by atoms with van der Waals surface area (Å²) in [6.45, 7) is -0.649. The molecule has 0 aliphatic carbocycles. The minimum absolute atomic E-state index is 0.0152. The number of benzene rings is 2. The topological polar surface area (TPSA) is 186 Å². The zero-order valence-corrected chi connectivity index (χ0v) is 16.5. The average molecular weight is 450 g/mol. The van der Waals surface area contributed by atoms with Crippen molar-refractivity contribution in [1.29, 1.82) is 0 Å². The molecule has 1 saturated heterocycles. The van der Waals surface area contributed by atoms with Gasteiger partial charge in [0.15, 0.2) is 12.2 Å². The van der Waals surface area contributed by atoms with Crippen molar-refractivity contribution in [1.82, 2.24) is 0 Å². The Bertz CT molecular complexity index is 990. The van der Waals surface area contributed by atoms with Crippen LogP contribution in [-0.4, -0.2) is 84.9 Å². The molecule has 0 unspecified atom stereocenters. The lowest BCUT2D eigenvalue weighted by Crippen LogP contribution is -2.60. The number of fused-ring (bicyclic) bond motifs is 1. The molecule has 4 rings (SSSR count). The van der Waals surface area contributed by atoms with Crippen molar-refractivity contribution in [2.45, 2.75) is 42.9 Å². The first kappa shape index (κ1) is 22.3. The van der Waals surface area contributed by atoms with Gasteiger partial charge in [0.05, 0.1) is 6.61 Å². The van der Waals surface area contributed by atoms with Gasteiger partial charge >= 0.3 is 0 Å². The molecule has 7 atom stereocenters. The largest absolute Gasteiger partial charge is 0.508 e. The highest BCUT2D eigenvalue weighted by Gasteiger charge is 2.45. The summed E-state index contributed by atoms with van der Waals surface area (Å²) < 4.78 is 16.5. The van der Waals surface area contributed by atoms with E-state index in [0.29, 0.717) is 5.56 Å². The van der Waals surface area contributed by atoms with Crippen molar-refractivity contribution in [3.8, 4) is 23.0 Å². The molecule has 0 saturated carbocycles. The lowest BCUT2D eigenvalue weighted by atomic mass is 9.93. The molecule has 0 radical (unpaired) electrons. The van der Waals surface area contributed by atoms with Gasteiger partial charge < -0.3 is 50.0 Å². The minimum Gasteiger partial charge on any atom is -0.508 e. The molecule has 2 aliphatic rings. The Morgan fingerprint density at radius 1 is 0.938 bits per heavy atom. The van der Waals surface area contributed by atoms with Crippen LogP contribution in [0.4, 0.5) is 0 Å². The Balaban J connectivity index is 1.63. The van der Waals surface area contributed by atoms with E-state index >= 15 is 0 Å². The van der Waals surface area contributed by atoms with Crippen molar-refractivity contribution in [2.75, 3.05) is 6.61 Å². The molecular formula is C21H22O11. The van der Waals surface area contributed by atoms with Crippen LogP contribution in [0.25, 0.3) is 0 Å². The smallest absolute Gasteiger partial charge is 0.229 e. The summed E-state index contributed by atoms with van der Waals surface area (Å²) in [7, 11) is 0. The van der Waals surface area contributed by atoms with Gasteiger partial charge in [-0.25, -0.2) is 0 Å². The van der Waals surface area contributed by atoms with Gasteiger partial charge in [0, 0.05) is 12.1 Å². The van der Waals surface area contributed by atoms with Gasteiger partial charge in [-0.1, -0.05) is 12.1 Å². The number of aliphatic hydroxyl groups is 5. The van der Waals surface area contributed by atoms with E-state index in [1.807, 2.05) is 0 Å². The van der Waals surface area contributed by atoms with Crippen LogP contribution in [0.3, 0.4) is 0 Å². The van der Waals surface area contributed by atoms with Gasteiger partial charge in [-0.3, -0.25) is 4.79 Å². The molecule has 0 bridgehead atoms. The van der Waals surface area contributed by atoms with Crippen molar-refractivity contribution < 1.29 is 54.8 Å². The third-order valence-electron chi connectivity index (χ3n) is 5.43. The number of phenolic OH excluding ortho intramolecular Hbond substituents is 2. The van der Waals surface area contributed by atoms with E-state index in [0.717, 1.165) is 6.07 Å². The summed E-state index contributed by atoms with van der Waals surface area (Å²) in [4.78, 5) is 12.7. The number of hydrogen-bond acceptors (Lipinski definition) is 11. The first-order chi connectivity index (χ1) is 15.2. The van der Waals surface area contributed by atoms with E-state index in [9.17, 15) is 40.5 Å². The monoisotopic (exact) mass is 450 g/mol. The van der Waals surface area contributed by atoms with Crippen LogP contribution in [0.2, 0.25) is 0 Å². The van der Waals surface area contributed by atoms with E-state index in [1.54, 1.807) is 0 Å². The van der Waals surface area contributed by atoms with Crippen molar-refractivity contribution in [3.63, 3.8) is 0 Å². The maximum absolute atomic E-state index is 12.7. The van der Waals surface area contributed by atoms with Crippen LogP contribution in [0.1, 0.15) is 22.0 Å². The number of ketones is 1. The zero-order valence-electron chi connectivity index (χ0n) is 16.5. The molecule has 2 aromatic rings. The number of carbonyl (C=O) groups is 1. The lowest BCUT2D eigenvalue weighted by molar-refractivity contribution is -0.277. The third kappa shape index (κ3) is 3.86. The quantitative estimate of drug-likeness (QED) is 0.301. The molecule has 2 aliphatic heterocycles. The SMILES string of the molecule is O=C1c2c(O)cc(O[C@H]3O[C@H](CO)[C@@H](O)[C@H](O)[C@@H]3O)cc2O[C@@H](c2ccc(O)cc2)[C@@H]1O. The summed E-state index contributed by atoms with van der Waals surface area (Å²) in [5.41, 5.74) is 0.128. The van der Waals surface area contributed by atoms with Crippen LogP contribution in [0.15, 0.2) is 36.4 Å². The highest BCUT2D eigenvalue weighted by Crippen LogP contribution is 2.42. The average Bonchev–Trinajstić information content (AvgIpc) is 2.77. The van der Waals surface area contributed by atoms with Gasteiger partial charge in [-0.15, -0.1) is 0 Å². The summed E-state index contributed by atoms with van der Waals surface area (Å²) in [5, 5.41) is 69.4. The van der Waals surface area contributed by atoms with Gasteiger partial charge in [-0.05, 0) is 17.7 Å².